The average Bonchev–Trinajstić information content (AvgIpc) is 2.91. The van der Waals surface area contributed by atoms with Gasteiger partial charge in [0, 0.05) is 20.6 Å². The fourth-order valence-corrected chi connectivity index (χ4v) is 4.40. The van der Waals surface area contributed by atoms with Crippen molar-refractivity contribution in [2.75, 3.05) is 20.8 Å². The van der Waals surface area contributed by atoms with Gasteiger partial charge in [0.2, 0.25) is 5.91 Å². The zero-order valence-corrected chi connectivity index (χ0v) is 13.0. The molecule has 6 nitrogen and oxygen atoms in total. The molecular formula is C14H20NO5P. The van der Waals surface area contributed by atoms with Gasteiger partial charge < -0.3 is 19.1 Å². The Morgan fingerprint density at radius 2 is 1.95 bits per heavy atom. The lowest BCUT2D eigenvalue weighted by molar-refractivity contribution is -0.131. The van der Waals surface area contributed by atoms with Crippen LogP contribution >= 0.6 is 7.60 Å². The van der Waals surface area contributed by atoms with E-state index in [4.69, 9.17) is 9.05 Å². The molecule has 2 atom stereocenters. The number of benzene rings is 1. The van der Waals surface area contributed by atoms with Gasteiger partial charge >= 0.3 is 7.60 Å². The van der Waals surface area contributed by atoms with Gasteiger partial charge in [-0.1, -0.05) is 30.3 Å². The first-order valence-electron chi connectivity index (χ1n) is 6.75. The average molecular weight is 313 g/mol. The molecule has 0 radical (unpaired) electrons. The number of aliphatic hydroxyl groups excluding tert-OH is 1. The molecule has 1 heterocycles. The summed E-state index contributed by atoms with van der Waals surface area (Å²) in [6.45, 7) is -0.250. The second kappa shape index (κ2) is 6.71. The number of carbonyl (C=O) groups is 1. The maximum atomic E-state index is 12.6. The number of carbonyl (C=O) groups excluding carboxylic acids is 1. The minimum atomic E-state index is -3.42. The minimum absolute atomic E-state index is 0.155. The number of likely N-dealkylation sites (tertiary alicyclic amines) is 1. The van der Waals surface area contributed by atoms with Gasteiger partial charge in [0.15, 0.2) is 0 Å². The van der Waals surface area contributed by atoms with Crippen molar-refractivity contribution in [3.8, 4) is 0 Å². The van der Waals surface area contributed by atoms with Crippen molar-refractivity contribution in [2.24, 2.45) is 0 Å². The second-order valence-corrected chi connectivity index (χ2v) is 7.24. The van der Waals surface area contributed by atoms with Gasteiger partial charge in [-0.25, -0.2) is 0 Å². The van der Waals surface area contributed by atoms with Crippen molar-refractivity contribution >= 4 is 13.5 Å². The summed E-state index contributed by atoms with van der Waals surface area (Å²) in [7, 11) is -0.801. The van der Waals surface area contributed by atoms with E-state index in [9.17, 15) is 14.5 Å². The minimum Gasteiger partial charge on any atom is -0.394 e. The van der Waals surface area contributed by atoms with E-state index < -0.39 is 19.4 Å². The molecule has 2 rings (SSSR count). The molecule has 1 aliphatic rings. The van der Waals surface area contributed by atoms with Crippen LogP contribution < -0.4 is 0 Å². The Balaban J connectivity index is 2.38. The smallest absolute Gasteiger partial charge is 0.352 e. The highest BCUT2D eigenvalue weighted by Gasteiger charge is 2.47. The lowest BCUT2D eigenvalue weighted by atomic mass is 10.1. The predicted molar refractivity (Wildman–Crippen MR) is 77.8 cm³/mol. The van der Waals surface area contributed by atoms with Crippen molar-refractivity contribution in [1.29, 1.82) is 0 Å². The summed E-state index contributed by atoms with van der Waals surface area (Å²) < 4.78 is 22.7. The van der Waals surface area contributed by atoms with Crippen LogP contribution in [0.1, 0.15) is 24.4 Å². The van der Waals surface area contributed by atoms with Gasteiger partial charge in [-0.2, -0.15) is 0 Å². The molecule has 1 aromatic rings. The number of rotatable bonds is 6. The summed E-state index contributed by atoms with van der Waals surface area (Å²) in [5.41, 5.74) is 0.791. The molecule has 1 aromatic carbocycles. The maximum absolute atomic E-state index is 12.6. The Labute approximate surface area is 124 Å². The van der Waals surface area contributed by atoms with Crippen LogP contribution in [0.2, 0.25) is 0 Å². The summed E-state index contributed by atoms with van der Waals surface area (Å²) in [5, 5.41) is 9.72. The van der Waals surface area contributed by atoms with Gasteiger partial charge in [0.25, 0.3) is 0 Å². The van der Waals surface area contributed by atoms with Gasteiger partial charge in [-0.15, -0.1) is 0 Å². The zero-order chi connectivity index (χ0) is 15.5. The summed E-state index contributed by atoms with van der Waals surface area (Å²) in [5.74, 6) is -0.824. The maximum Gasteiger partial charge on any atom is 0.352 e. The lowest BCUT2D eigenvalue weighted by Gasteiger charge is -2.34. The Bertz CT molecular complexity index is 527. The van der Waals surface area contributed by atoms with Crippen molar-refractivity contribution in [3.63, 3.8) is 0 Å². The van der Waals surface area contributed by atoms with Crippen LogP contribution in [-0.2, 0) is 18.4 Å². The number of amides is 1. The monoisotopic (exact) mass is 313 g/mol. The van der Waals surface area contributed by atoms with E-state index in [1.807, 2.05) is 30.3 Å². The predicted octanol–water partition coefficient (Wildman–Crippen LogP) is 2.15. The number of hydrogen-bond acceptors (Lipinski definition) is 5. The first-order chi connectivity index (χ1) is 10.1. The van der Waals surface area contributed by atoms with Crippen molar-refractivity contribution in [2.45, 2.75) is 24.7 Å². The normalized spacial score (nSPS) is 20.8. The standard InChI is InChI=1S/C14H20NO5P/c1-19-21(18,20-2)14-9-8-13(17)15(14)12(10-16)11-6-4-3-5-7-11/h3-7,12,14,16H,8-10H2,1-2H3/t12-,14-/m1/s1. The molecule has 0 aromatic heterocycles. The molecular weight excluding hydrogens is 293 g/mol. The lowest BCUT2D eigenvalue weighted by Crippen LogP contribution is -2.38. The Hall–Kier alpha value is -1.20. The third-order valence-electron chi connectivity index (χ3n) is 3.79. The molecule has 1 fully saturated rings. The fraction of sp³-hybridized carbons (Fsp3) is 0.500. The van der Waals surface area contributed by atoms with E-state index in [1.54, 1.807) is 0 Å². The van der Waals surface area contributed by atoms with Gasteiger partial charge in [0.1, 0.15) is 5.78 Å². The largest absolute Gasteiger partial charge is 0.394 e. The molecule has 0 aliphatic carbocycles. The topological polar surface area (TPSA) is 76.1 Å². The van der Waals surface area contributed by atoms with Crippen LogP contribution in [0.3, 0.4) is 0 Å². The molecule has 0 spiro atoms. The molecule has 21 heavy (non-hydrogen) atoms. The highest BCUT2D eigenvalue weighted by atomic mass is 31.2. The molecule has 1 amide bonds. The third kappa shape index (κ3) is 3.04. The molecule has 0 bridgehead atoms. The summed E-state index contributed by atoms with van der Waals surface area (Å²) in [4.78, 5) is 13.7. The van der Waals surface area contributed by atoms with E-state index in [0.717, 1.165) is 5.56 Å². The quantitative estimate of drug-likeness (QED) is 0.814. The first-order valence-corrected chi connectivity index (χ1v) is 8.36. The first kappa shape index (κ1) is 16.2. The summed E-state index contributed by atoms with van der Waals surface area (Å²) >= 11 is 0. The molecule has 0 saturated carbocycles. The van der Waals surface area contributed by atoms with Crippen LogP contribution in [0.4, 0.5) is 0 Å². The molecule has 0 unspecified atom stereocenters. The number of hydrogen-bond donors (Lipinski definition) is 1. The van der Waals surface area contributed by atoms with Crippen LogP contribution in [0.15, 0.2) is 30.3 Å². The molecule has 1 aliphatic heterocycles. The summed E-state index contributed by atoms with van der Waals surface area (Å²) in [6.07, 6.45) is 0.659. The van der Waals surface area contributed by atoms with Crippen molar-refractivity contribution in [1.82, 2.24) is 4.90 Å². The van der Waals surface area contributed by atoms with Gasteiger partial charge in [-0.05, 0) is 12.0 Å². The van der Waals surface area contributed by atoms with Crippen molar-refractivity contribution in [3.05, 3.63) is 35.9 Å². The van der Waals surface area contributed by atoms with E-state index in [2.05, 4.69) is 0 Å². The Kier molecular flexibility index (Phi) is 5.17. The molecule has 7 heteroatoms. The van der Waals surface area contributed by atoms with E-state index >= 15 is 0 Å². The van der Waals surface area contributed by atoms with Crippen LogP contribution in [0.5, 0.6) is 0 Å². The zero-order valence-electron chi connectivity index (χ0n) is 12.1. The van der Waals surface area contributed by atoms with Gasteiger partial charge in [-0.3, -0.25) is 9.36 Å². The van der Waals surface area contributed by atoms with Crippen LogP contribution in [-0.4, -0.2) is 42.5 Å². The molecule has 1 N–H and O–H groups in total. The molecule has 1 saturated heterocycles. The number of nitrogens with zero attached hydrogens (tertiary/aromatic N) is 1. The number of aliphatic hydroxyl groups is 1. The third-order valence-corrected chi connectivity index (χ3v) is 6.05. The highest BCUT2D eigenvalue weighted by Crippen LogP contribution is 2.57. The van der Waals surface area contributed by atoms with E-state index in [-0.39, 0.29) is 18.9 Å². The van der Waals surface area contributed by atoms with Gasteiger partial charge in [0.05, 0.1) is 12.6 Å². The van der Waals surface area contributed by atoms with Crippen LogP contribution in [0.25, 0.3) is 0 Å². The second-order valence-electron chi connectivity index (χ2n) is 4.83. The van der Waals surface area contributed by atoms with E-state index in [1.165, 1.54) is 19.1 Å². The SMILES string of the molecule is COP(=O)(OC)[C@@H]1CCC(=O)N1[C@H](CO)c1ccccc1. The Morgan fingerprint density at radius 3 is 2.48 bits per heavy atom. The van der Waals surface area contributed by atoms with Crippen LogP contribution in [0, 0.1) is 0 Å². The Morgan fingerprint density at radius 1 is 1.33 bits per heavy atom. The van der Waals surface area contributed by atoms with E-state index in [0.29, 0.717) is 6.42 Å². The fourth-order valence-electron chi connectivity index (χ4n) is 2.73. The van der Waals surface area contributed by atoms with Crippen molar-refractivity contribution < 1.29 is 23.5 Å². The molecule has 116 valence electrons. The highest BCUT2D eigenvalue weighted by molar-refractivity contribution is 7.54. The summed E-state index contributed by atoms with van der Waals surface area (Å²) in [6, 6.07) is 8.63.